The first-order valence-corrected chi connectivity index (χ1v) is 4.99. The fourth-order valence-electron chi connectivity index (χ4n) is 1.12. The molecule has 0 spiro atoms. The Kier molecular flexibility index (Phi) is 4.12. The molecule has 6 heteroatoms. The summed E-state index contributed by atoms with van der Waals surface area (Å²) in [5.41, 5.74) is 0.149. The molecule has 0 unspecified atom stereocenters. The summed E-state index contributed by atoms with van der Waals surface area (Å²) in [6.07, 6.45) is 0.356. The Morgan fingerprint density at radius 1 is 1.50 bits per heavy atom. The van der Waals surface area contributed by atoms with Gasteiger partial charge in [0.15, 0.2) is 17.8 Å². The molecule has 0 radical (unpaired) electrons. The third-order valence-corrected chi connectivity index (χ3v) is 2.40. The van der Waals surface area contributed by atoms with Gasteiger partial charge in [-0.2, -0.15) is 8.78 Å². The second-order valence-electron chi connectivity index (χ2n) is 2.93. The number of rotatable bonds is 4. The predicted octanol–water partition coefficient (Wildman–Crippen LogP) is 3.07. The maximum absolute atomic E-state index is 12.1. The van der Waals surface area contributed by atoms with Crippen LogP contribution < -0.4 is 4.74 Å². The van der Waals surface area contributed by atoms with Crippen LogP contribution in [0.5, 0.6) is 5.75 Å². The molecule has 16 heavy (non-hydrogen) atoms. The molecule has 86 valence electrons. The molecule has 0 saturated carbocycles. The lowest BCUT2D eigenvalue weighted by atomic mass is 10.1. The Bertz CT molecular complexity index is 432. The summed E-state index contributed by atoms with van der Waals surface area (Å²) in [5.74, 6) is -0.539. The molecule has 0 amide bonds. The van der Waals surface area contributed by atoms with Gasteiger partial charge in [0.2, 0.25) is 0 Å². The number of hydrogen-bond acceptors (Lipinski definition) is 3. The van der Waals surface area contributed by atoms with Crippen LogP contribution in [0.3, 0.4) is 0 Å². The number of alkyl halides is 2. The molecule has 0 heterocycles. The van der Waals surface area contributed by atoms with Crippen LogP contribution in [0.1, 0.15) is 27.6 Å². The van der Waals surface area contributed by atoms with E-state index in [0.717, 1.165) is 0 Å². The zero-order valence-corrected chi connectivity index (χ0v) is 9.75. The van der Waals surface area contributed by atoms with Crippen molar-refractivity contribution in [1.82, 2.24) is 0 Å². The highest BCUT2D eigenvalue weighted by Gasteiger charge is 2.15. The number of carbonyl (C=O) groups excluding carboxylic acids is 2. The lowest BCUT2D eigenvalue weighted by molar-refractivity contribution is -0.0505. The summed E-state index contributed by atoms with van der Waals surface area (Å²) in [6, 6.07) is 2.53. The summed E-state index contributed by atoms with van der Waals surface area (Å²) in [7, 11) is 0. The average Bonchev–Trinajstić information content (AvgIpc) is 2.19. The van der Waals surface area contributed by atoms with E-state index in [2.05, 4.69) is 20.7 Å². The van der Waals surface area contributed by atoms with Crippen molar-refractivity contribution in [3.8, 4) is 5.75 Å². The van der Waals surface area contributed by atoms with Gasteiger partial charge in [-0.25, -0.2) is 0 Å². The number of benzene rings is 1. The molecule has 0 aliphatic rings. The Labute approximate surface area is 98.5 Å². The van der Waals surface area contributed by atoms with E-state index in [-0.39, 0.29) is 27.1 Å². The number of aldehydes is 1. The van der Waals surface area contributed by atoms with Crippen LogP contribution in [0.4, 0.5) is 8.78 Å². The van der Waals surface area contributed by atoms with E-state index in [1.165, 1.54) is 19.1 Å². The lowest BCUT2D eigenvalue weighted by Gasteiger charge is -2.10. The molecule has 0 atom stereocenters. The molecular formula is C10H7BrF2O3. The second-order valence-corrected chi connectivity index (χ2v) is 3.78. The van der Waals surface area contributed by atoms with Crippen molar-refractivity contribution in [2.75, 3.05) is 0 Å². The van der Waals surface area contributed by atoms with Crippen LogP contribution >= 0.6 is 15.9 Å². The van der Waals surface area contributed by atoms with Crippen molar-refractivity contribution >= 4 is 28.0 Å². The van der Waals surface area contributed by atoms with Crippen LogP contribution in [-0.4, -0.2) is 18.7 Å². The van der Waals surface area contributed by atoms with E-state index >= 15 is 0 Å². The van der Waals surface area contributed by atoms with Crippen LogP contribution in [0.15, 0.2) is 16.6 Å². The molecule has 0 N–H and O–H groups in total. The number of ketones is 1. The predicted molar refractivity (Wildman–Crippen MR) is 56.2 cm³/mol. The largest absolute Gasteiger partial charge is 0.433 e. The molecule has 0 saturated heterocycles. The number of ether oxygens (including phenoxy) is 1. The quantitative estimate of drug-likeness (QED) is 0.633. The van der Waals surface area contributed by atoms with Crippen molar-refractivity contribution in [3.63, 3.8) is 0 Å². The van der Waals surface area contributed by atoms with E-state index in [9.17, 15) is 18.4 Å². The van der Waals surface area contributed by atoms with Gasteiger partial charge in [-0.1, -0.05) is 0 Å². The summed E-state index contributed by atoms with van der Waals surface area (Å²) in [5, 5.41) is 0. The van der Waals surface area contributed by atoms with Gasteiger partial charge in [0.05, 0.1) is 10.0 Å². The van der Waals surface area contributed by atoms with Gasteiger partial charge in [-0.15, -0.1) is 0 Å². The summed E-state index contributed by atoms with van der Waals surface area (Å²) < 4.78 is 28.4. The zero-order chi connectivity index (χ0) is 12.3. The molecule has 0 fully saturated rings. The van der Waals surface area contributed by atoms with E-state index in [1.54, 1.807) is 0 Å². The van der Waals surface area contributed by atoms with Crippen LogP contribution in [0.2, 0.25) is 0 Å². The zero-order valence-electron chi connectivity index (χ0n) is 8.17. The van der Waals surface area contributed by atoms with Gasteiger partial charge >= 0.3 is 6.61 Å². The van der Waals surface area contributed by atoms with Crippen LogP contribution in [0.25, 0.3) is 0 Å². The molecule has 0 bridgehead atoms. The first-order valence-electron chi connectivity index (χ1n) is 4.20. The van der Waals surface area contributed by atoms with Gasteiger partial charge in [0.1, 0.15) is 0 Å². The lowest BCUT2D eigenvalue weighted by Crippen LogP contribution is -2.06. The highest BCUT2D eigenvalue weighted by atomic mass is 79.9. The molecular weight excluding hydrogens is 286 g/mol. The van der Waals surface area contributed by atoms with Crippen molar-refractivity contribution in [1.29, 1.82) is 0 Å². The molecule has 1 aromatic carbocycles. The molecule has 1 aromatic rings. The number of Topliss-reactive ketones (excluding diaryl/α,β-unsaturated/α-hetero) is 1. The van der Waals surface area contributed by atoms with Gasteiger partial charge in [-0.3, -0.25) is 9.59 Å². The van der Waals surface area contributed by atoms with Crippen molar-refractivity contribution < 1.29 is 23.1 Å². The van der Waals surface area contributed by atoms with E-state index < -0.39 is 6.61 Å². The highest BCUT2D eigenvalue weighted by Crippen LogP contribution is 2.31. The van der Waals surface area contributed by atoms with Crippen molar-refractivity contribution in [3.05, 3.63) is 27.7 Å². The van der Waals surface area contributed by atoms with E-state index in [0.29, 0.717) is 6.29 Å². The monoisotopic (exact) mass is 292 g/mol. The third-order valence-electron chi connectivity index (χ3n) is 1.81. The first kappa shape index (κ1) is 12.8. The SMILES string of the molecule is CC(=O)c1cc(Br)c(OC(F)F)c(C=O)c1. The molecule has 1 rings (SSSR count). The average molecular weight is 293 g/mol. The third kappa shape index (κ3) is 2.85. The summed E-state index contributed by atoms with van der Waals surface area (Å²) in [6.45, 7) is -1.72. The number of halogens is 3. The number of carbonyl (C=O) groups is 2. The molecule has 3 nitrogen and oxygen atoms in total. The van der Waals surface area contributed by atoms with Gasteiger partial charge in [-0.05, 0) is 35.0 Å². The fourth-order valence-corrected chi connectivity index (χ4v) is 1.69. The topological polar surface area (TPSA) is 43.4 Å². The fraction of sp³-hybridized carbons (Fsp3) is 0.200. The Morgan fingerprint density at radius 3 is 2.56 bits per heavy atom. The van der Waals surface area contributed by atoms with E-state index in [4.69, 9.17) is 0 Å². The minimum absolute atomic E-state index is 0.0973. The maximum Gasteiger partial charge on any atom is 0.387 e. The van der Waals surface area contributed by atoms with Gasteiger partial charge in [0, 0.05) is 5.56 Å². The Hall–Kier alpha value is -1.30. The first-order chi connectivity index (χ1) is 7.45. The summed E-state index contributed by atoms with van der Waals surface area (Å²) >= 11 is 2.97. The minimum Gasteiger partial charge on any atom is -0.433 e. The normalized spacial score (nSPS) is 10.3. The Balaban J connectivity index is 3.28. The summed E-state index contributed by atoms with van der Waals surface area (Å²) in [4.78, 5) is 21.8. The molecule has 0 aliphatic heterocycles. The van der Waals surface area contributed by atoms with E-state index in [1.807, 2.05) is 0 Å². The minimum atomic E-state index is -3.03. The smallest absolute Gasteiger partial charge is 0.387 e. The van der Waals surface area contributed by atoms with Crippen LogP contribution in [-0.2, 0) is 0 Å². The molecule has 0 aromatic heterocycles. The second kappa shape index (κ2) is 5.16. The Morgan fingerprint density at radius 2 is 2.12 bits per heavy atom. The van der Waals surface area contributed by atoms with Crippen molar-refractivity contribution in [2.24, 2.45) is 0 Å². The van der Waals surface area contributed by atoms with Crippen molar-refractivity contribution in [2.45, 2.75) is 13.5 Å². The van der Waals surface area contributed by atoms with Gasteiger partial charge in [0.25, 0.3) is 0 Å². The maximum atomic E-state index is 12.1. The molecule has 0 aliphatic carbocycles. The standard InChI is InChI=1S/C10H7BrF2O3/c1-5(15)6-2-7(4-14)9(8(11)3-6)16-10(12)13/h2-4,10H,1H3. The number of hydrogen-bond donors (Lipinski definition) is 0. The van der Waals surface area contributed by atoms with Gasteiger partial charge < -0.3 is 4.74 Å². The highest BCUT2D eigenvalue weighted by molar-refractivity contribution is 9.10. The van der Waals surface area contributed by atoms with Crippen LogP contribution in [0, 0.1) is 0 Å².